The highest BCUT2D eigenvalue weighted by molar-refractivity contribution is 6.09. The summed E-state index contributed by atoms with van der Waals surface area (Å²) in [6, 6.07) is 42.7. The van der Waals surface area contributed by atoms with Gasteiger partial charge in [-0.05, 0) is 53.2 Å². The standard InChI is InChI=1S/C21H20N2.C10H8/c1-2-22-15-16-12-13-21-19(14-16)18-10-6-7-11-20(18)23(21)17-8-4-3-5-9-17;1-2-6-10-8-4-3-7-9(10)5-1/h3-14,22H,2,15H2,1H3;1-8H. The molecule has 162 valence electrons. The van der Waals surface area contributed by atoms with Gasteiger partial charge in [0, 0.05) is 23.0 Å². The lowest BCUT2D eigenvalue weighted by Crippen LogP contribution is -2.11. The van der Waals surface area contributed by atoms with Crippen LogP contribution in [0.5, 0.6) is 0 Å². The van der Waals surface area contributed by atoms with Crippen LogP contribution in [0.25, 0.3) is 38.3 Å². The van der Waals surface area contributed by atoms with Crippen molar-refractivity contribution in [1.82, 2.24) is 9.88 Å². The van der Waals surface area contributed by atoms with E-state index >= 15 is 0 Å². The second kappa shape index (κ2) is 9.72. The summed E-state index contributed by atoms with van der Waals surface area (Å²) in [6.07, 6.45) is 0. The van der Waals surface area contributed by atoms with Crippen LogP contribution >= 0.6 is 0 Å². The minimum absolute atomic E-state index is 0.914. The molecule has 1 heterocycles. The number of rotatable bonds is 4. The van der Waals surface area contributed by atoms with Gasteiger partial charge in [0.2, 0.25) is 0 Å². The third kappa shape index (κ3) is 4.39. The molecule has 0 saturated carbocycles. The van der Waals surface area contributed by atoms with Crippen molar-refractivity contribution in [3.05, 3.63) is 127 Å². The fourth-order valence-electron chi connectivity index (χ4n) is 4.39. The zero-order valence-electron chi connectivity index (χ0n) is 18.9. The van der Waals surface area contributed by atoms with Crippen molar-refractivity contribution >= 4 is 32.6 Å². The maximum Gasteiger partial charge on any atom is 0.0541 e. The van der Waals surface area contributed by atoms with Gasteiger partial charge in [0.25, 0.3) is 0 Å². The SMILES string of the molecule is CCNCc1ccc2c(c1)c1ccccc1n2-c1ccccc1.c1ccc2ccccc2c1. The van der Waals surface area contributed by atoms with Gasteiger partial charge in [-0.25, -0.2) is 0 Å². The zero-order chi connectivity index (χ0) is 22.5. The molecule has 1 aromatic heterocycles. The Labute approximate surface area is 195 Å². The molecule has 2 nitrogen and oxygen atoms in total. The van der Waals surface area contributed by atoms with E-state index in [1.165, 1.54) is 43.8 Å². The lowest BCUT2D eigenvalue weighted by Gasteiger charge is -2.08. The van der Waals surface area contributed by atoms with E-state index in [1.807, 2.05) is 0 Å². The number of fused-ring (bicyclic) bond motifs is 4. The molecule has 0 atom stereocenters. The molecule has 1 N–H and O–H groups in total. The Hall–Kier alpha value is -3.88. The summed E-state index contributed by atoms with van der Waals surface area (Å²) in [5.41, 5.74) is 5.06. The Morgan fingerprint density at radius 1 is 0.576 bits per heavy atom. The molecular formula is C31H28N2. The molecule has 0 aliphatic carbocycles. The molecule has 0 aliphatic rings. The summed E-state index contributed by atoms with van der Waals surface area (Å²) in [7, 11) is 0. The maximum atomic E-state index is 3.41. The van der Waals surface area contributed by atoms with Crippen LogP contribution in [-0.2, 0) is 6.54 Å². The first-order valence-corrected chi connectivity index (χ1v) is 11.6. The van der Waals surface area contributed by atoms with Gasteiger partial charge in [-0.2, -0.15) is 0 Å². The normalized spacial score (nSPS) is 10.9. The van der Waals surface area contributed by atoms with Crippen molar-refractivity contribution in [2.24, 2.45) is 0 Å². The third-order valence-electron chi connectivity index (χ3n) is 5.99. The molecule has 0 saturated heterocycles. The van der Waals surface area contributed by atoms with Crippen molar-refractivity contribution in [2.75, 3.05) is 6.54 Å². The van der Waals surface area contributed by atoms with Crippen molar-refractivity contribution in [3.63, 3.8) is 0 Å². The molecule has 0 unspecified atom stereocenters. The highest BCUT2D eigenvalue weighted by Crippen LogP contribution is 2.32. The van der Waals surface area contributed by atoms with E-state index in [0.717, 1.165) is 13.1 Å². The van der Waals surface area contributed by atoms with E-state index < -0.39 is 0 Å². The van der Waals surface area contributed by atoms with Gasteiger partial charge in [-0.1, -0.05) is 97.9 Å². The molecule has 0 amide bonds. The molecule has 6 rings (SSSR count). The molecule has 2 heteroatoms. The van der Waals surface area contributed by atoms with Crippen LogP contribution in [0.15, 0.2) is 121 Å². The minimum Gasteiger partial charge on any atom is -0.313 e. The number of benzene rings is 5. The van der Waals surface area contributed by atoms with E-state index in [9.17, 15) is 0 Å². The van der Waals surface area contributed by atoms with Crippen molar-refractivity contribution in [1.29, 1.82) is 0 Å². The molecule has 0 spiro atoms. The second-order valence-electron chi connectivity index (χ2n) is 8.17. The summed E-state index contributed by atoms with van der Waals surface area (Å²) in [5, 5.41) is 8.66. The number of hydrogen-bond acceptors (Lipinski definition) is 1. The van der Waals surface area contributed by atoms with Gasteiger partial charge in [0.05, 0.1) is 11.0 Å². The van der Waals surface area contributed by atoms with Gasteiger partial charge in [0.15, 0.2) is 0 Å². The van der Waals surface area contributed by atoms with Crippen LogP contribution in [0.1, 0.15) is 12.5 Å². The fourth-order valence-corrected chi connectivity index (χ4v) is 4.39. The van der Waals surface area contributed by atoms with Gasteiger partial charge < -0.3 is 9.88 Å². The Morgan fingerprint density at radius 2 is 1.15 bits per heavy atom. The fraction of sp³-hybridized carbons (Fsp3) is 0.0968. The van der Waals surface area contributed by atoms with Crippen LogP contribution in [-0.4, -0.2) is 11.1 Å². The monoisotopic (exact) mass is 428 g/mol. The first-order valence-electron chi connectivity index (χ1n) is 11.6. The van der Waals surface area contributed by atoms with Crippen LogP contribution in [0.4, 0.5) is 0 Å². The lowest BCUT2D eigenvalue weighted by molar-refractivity contribution is 0.727. The number of nitrogens with zero attached hydrogens (tertiary/aromatic N) is 1. The van der Waals surface area contributed by atoms with Gasteiger partial charge in [-0.3, -0.25) is 0 Å². The highest BCUT2D eigenvalue weighted by Gasteiger charge is 2.11. The Kier molecular flexibility index (Phi) is 6.19. The molecule has 0 fully saturated rings. The Bertz CT molecular complexity index is 1430. The van der Waals surface area contributed by atoms with Gasteiger partial charge in [0.1, 0.15) is 0 Å². The molecule has 5 aromatic carbocycles. The first-order chi connectivity index (χ1) is 16.3. The van der Waals surface area contributed by atoms with Gasteiger partial charge in [-0.15, -0.1) is 0 Å². The largest absolute Gasteiger partial charge is 0.313 e. The van der Waals surface area contributed by atoms with Crippen molar-refractivity contribution in [3.8, 4) is 5.69 Å². The van der Waals surface area contributed by atoms with Crippen molar-refractivity contribution < 1.29 is 0 Å². The molecule has 33 heavy (non-hydrogen) atoms. The predicted molar refractivity (Wildman–Crippen MR) is 142 cm³/mol. The van der Waals surface area contributed by atoms with E-state index in [-0.39, 0.29) is 0 Å². The Balaban J connectivity index is 0.000000190. The first kappa shape index (κ1) is 21.0. The quantitative estimate of drug-likeness (QED) is 0.304. The minimum atomic E-state index is 0.914. The van der Waals surface area contributed by atoms with Crippen LogP contribution in [0.2, 0.25) is 0 Å². The number of para-hydroxylation sites is 2. The molecule has 0 bridgehead atoms. The average molecular weight is 429 g/mol. The van der Waals surface area contributed by atoms with Crippen LogP contribution in [0, 0.1) is 0 Å². The summed E-state index contributed by atoms with van der Waals surface area (Å²) < 4.78 is 2.35. The van der Waals surface area contributed by atoms with Gasteiger partial charge >= 0.3 is 0 Å². The molecular weight excluding hydrogens is 400 g/mol. The highest BCUT2D eigenvalue weighted by atomic mass is 15.0. The number of aromatic nitrogens is 1. The lowest BCUT2D eigenvalue weighted by atomic mass is 10.1. The third-order valence-corrected chi connectivity index (χ3v) is 5.99. The van der Waals surface area contributed by atoms with E-state index in [4.69, 9.17) is 0 Å². The smallest absolute Gasteiger partial charge is 0.0541 e. The maximum absolute atomic E-state index is 3.41. The topological polar surface area (TPSA) is 17.0 Å². The van der Waals surface area contributed by atoms with Crippen molar-refractivity contribution in [2.45, 2.75) is 13.5 Å². The van der Waals surface area contributed by atoms with Crippen LogP contribution in [0.3, 0.4) is 0 Å². The van der Waals surface area contributed by atoms with E-state index in [0.29, 0.717) is 0 Å². The summed E-state index contributed by atoms with van der Waals surface area (Å²) in [4.78, 5) is 0. The predicted octanol–water partition coefficient (Wildman–Crippen LogP) is 7.73. The van der Waals surface area contributed by atoms with E-state index in [1.54, 1.807) is 0 Å². The number of hydrogen-bond donors (Lipinski definition) is 1. The average Bonchev–Trinajstić information content (AvgIpc) is 3.22. The Morgan fingerprint density at radius 3 is 1.82 bits per heavy atom. The summed E-state index contributed by atoms with van der Waals surface area (Å²) in [5.74, 6) is 0. The number of nitrogens with one attached hydrogen (secondary N) is 1. The summed E-state index contributed by atoms with van der Waals surface area (Å²) in [6.45, 7) is 4.04. The second-order valence-corrected chi connectivity index (χ2v) is 8.17. The molecule has 0 radical (unpaired) electrons. The zero-order valence-corrected chi connectivity index (χ0v) is 18.9. The van der Waals surface area contributed by atoms with E-state index in [2.05, 4.69) is 138 Å². The molecule has 6 aromatic rings. The van der Waals surface area contributed by atoms with Crippen LogP contribution < -0.4 is 5.32 Å². The molecule has 0 aliphatic heterocycles. The summed E-state index contributed by atoms with van der Waals surface area (Å²) >= 11 is 0.